The molecule has 84 valence electrons. The topological polar surface area (TPSA) is 55.4 Å². The fourth-order valence-corrected chi connectivity index (χ4v) is 1.91. The molecule has 0 radical (unpaired) electrons. The van der Waals surface area contributed by atoms with Crippen LogP contribution in [0, 0.1) is 5.92 Å². The molecular weight excluding hydrogens is 194 g/mol. The van der Waals surface area contributed by atoms with E-state index in [1.165, 1.54) is 0 Å². The van der Waals surface area contributed by atoms with E-state index in [1.54, 1.807) is 7.05 Å². The molecule has 0 bridgehead atoms. The molecular formula is C11H17NO3. The van der Waals surface area contributed by atoms with Crippen LogP contribution >= 0.6 is 0 Å². The second-order valence-corrected chi connectivity index (χ2v) is 3.74. The minimum atomic E-state index is -0.405. The van der Waals surface area contributed by atoms with Crippen molar-refractivity contribution in [3.05, 3.63) is 12.7 Å². The zero-order chi connectivity index (χ0) is 11.3. The van der Waals surface area contributed by atoms with Crippen LogP contribution in [0.4, 0.5) is 0 Å². The first-order valence-electron chi connectivity index (χ1n) is 5.22. The molecule has 0 spiro atoms. The molecule has 15 heavy (non-hydrogen) atoms. The number of carbonyl (C=O) groups excluding carboxylic acids is 2. The Hall–Kier alpha value is -1.32. The molecule has 0 aromatic rings. The molecule has 2 atom stereocenters. The molecule has 4 heteroatoms. The molecule has 1 fully saturated rings. The Morgan fingerprint density at radius 1 is 1.47 bits per heavy atom. The molecule has 1 aliphatic carbocycles. The monoisotopic (exact) mass is 211 g/mol. The summed E-state index contributed by atoms with van der Waals surface area (Å²) in [7, 11) is 1.63. The highest BCUT2D eigenvalue weighted by molar-refractivity contribution is 5.81. The molecule has 1 amide bonds. The summed E-state index contributed by atoms with van der Waals surface area (Å²) in [5, 5.41) is 2.62. The predicted molar refractivity (Wildman–Crippen MR) is 56.1 cm³/mol. The number of hydrogen-bond donors (Lipinski definition) is 1. The average molecular weight is 211 g/mol. The van der Waals surface area contributed by atoms with Crippen LogP contribution in [0.1, 0.15) is 25.7 Å². The molecule has 0 heterocycles. The van der Waals surface area contributed by atoms with E-state index in [4.69, 9.17) is 4.74 Å². The van der Waals surface area contributed by atoms with Crippen molar-refractivity contribution < 1.29 is 14.3 Å². The van der Waals surface area contributed by atoms with Crippen molar-refractivity contribution in [2.45, 2.75) is 31.8 Å². The van der Waals surface area contributed by atoms with E-state index < -0.39 is 5.97 Å². The lowest BCUT2D eigenvalue weighted by molar-refractivity contribution is -0.147. The molecule has 0 aliphatic heterocycles. The normalized spacial score (nSPS) is 25.4. The quantitative estimate of drug-likeness (QED) is 0.560. The van der Waals surface area contributed by atoms with E-state index in [2.05, 4.69) is 11.9 Å². The summed E-state index contributed by atoms with van der Waals surface area (Å²) >= 11 is 0. The highest BCUT2D eigenvalue weighted by Gasteiger charge is 2.28. The number of hydrogen-bond acceptors (Lipinski definition) is 3. The minimum absolute atomic E-state index is 0.0219. The van der Waals surface area contributed by atoms with Crippen molar-refractivity contribution >= 4 is 11.9 Å². The lowest BCUT2D eigenvalue weighted by Crippen LogP contribution is -2.34. The SMILES string of the molecule is C=CC(=O)OC1CCCC(C(=O)NC)C1. The number of esters is 1. The van der Waals surface area contributed by atoms with Crippen molar-refractivity contribution in [1.82, 2.24) is 5.32 Å². The molecule has 2 unspecified atom stereocenters. The number of rotatable bonds is 3. The summed E-state index contributed by atoms with van der Waals surface area (Å²) in [6.45, 7) is 3.34. The van der Waals surface area contributed by atoms with Crippen LogP contribution in [0.3, 0.4) is 0 Å². The van der Waals surface area contributed by atoms with E-state index in [0.29, 0.717) is 6.42 Å². The Morgan fingerprint density at radius 3 is 2.80 bits per heavy atom. The van der Waals surface area contributed by atoms with E-state index in [-0.39, 0.29) is 17.9 Å². The fraction of sp³-hybridized carbons (Fsp3) is 0.636. The Morgan fingerprint density at radius 2 is 2.20 bits per heavy atom. The number of ether oxygens (including phenoxy) is 1. The average Bonchev–Trinajstić information content (AvgIpc) is 2.28. The molecule has 1 N–H and O–H groups in total. The second-order valence-electron chi connectivity index (χ2n) is 3.74. The molecule has 4 nitrogen and oxygen atoms in total. The summed E-state index contributed by atoms with van der Waals surface area (Å²) in [6.07, 6.45) is 4.29. The van der Waals surface area contributed by atoms with Gasteiger partial charge in [0.2, 0.25) is 5.91 Å². The van der Waals surface area contributed by atoms with Gasteiger partial charge >= 0.3 is 5.97 Å². The minimum Gasteiger partial charge on any atom is -0.459 e. The fourth-order valence-electron chi connectivity index (χ4n) is 1.91. The standard InChI is InChI=1S/C11H17NO3/c1-3-10(13)15-9-6-4-5-8(7-9)11(14)12-2/h3,8-9H,1,4-7H2,2H3,(H,12,14). The first kappa shape index (κ1) is 11.8. The molecule has 0 aromatic heterocycles. The number of carbonyl (C=O) groups is 2. The largest absolute Gasteiger partial charge is 0.459 e. The van der Waals surface area contributed by atoms with Gasteiger partial charge in [0.1, 0.15) is 6.10 Å². The van der Waals surface area contributed by atoms with Crippen molar-refractivity contribution in [2.24, 2.45) is 5.92 Å². The van der Waals surface area contributed by atoms with Crippen molar-refractivity contribution in [2.75, 3.05) is 7.05 Å². The van der Waals surface area contributed by atoms with Gasteiger partial charge in [0.15, 0.2) is 0 Å². The van der Waals surface area contributed by atoms with Gasteiger partial charge in [-0.15, -0.1) is 0 Å². The van der Waals surface area contributed by atoms with E-state index in [9.17, 15) is 9.59 Å². The van der Waals surface area contributed by atoms with Gasteiger partial charge in [-0.2, -0.15) is 0 Å². The van der Waals surface area contributed by atoms with E-state index in [1.807, 2.05) is 0 Å². The summed E-state index contributed by atoms with van der Waals surface area (Å²) in [4.78, 5) is 22.4. The van der Waals surface area contributed by atoms with Gasteiger partial charge in [-0.1, -0.05) is 6.58 Å². The third kappa shape index (κ3) is 3.38. The summed E-state index contributed by atoms with van der Waals surface area (Å²) in [6, 6.07) is 0. The maximum atomic E-state index is 11.4. The van der Waals surface area contributed by atoms with Crippen molar-refractivity contribution in [3.63, 3.8) is 0 Å². The second kappa shape index (κ2) is 5.53. The molecule has 1 aliphatic rings. The Labute approximate surface area is 89.7 Å². The maximum absolute atomic E-state index is 11.4. The van der Waals surface area contributed by atoms with E-state index in [0.717, 1.165) is 25.3 Å². The predicted octanol–water partition coefficient (Wildman–Crippen LogP) is 1.02. The van der Waals surface area contributed by atoms with Gasteiger partial charge < -0.3 is 10.1 Å². The smallest absolute Gasteiger partial charge is 0.330 e. The third-order valence-electron chi connectivity index (χ3n) is 2.69. The van der Waals surface area contributed by atoms with E-state index >= 15 is 0 Å². The zero-order valence-corrected chi connectivity index (χ0v) is 8.99. The first-order valence-corrected chi connectivity index (χ1v) is 5.22. The summed E-state index contributed by atoms with van der Waals surface area (Å²) in [5.41, 5.74) is 0. The lowest BCUT2D eigenvalue weighted by atomic mass is 9.86. The van der Waals surface area contributed by atoms with Gasteiger partial charge in [-0.05, 0) is 25.7 Å². The van der Waals surface area contributed by atoms with Crippen molar-refractivity contribution in [3.8, 4) is 0 Å². The van der Waals surface area contributed by atoms with Crippen LogP contribution in [0.2, 0.25) is 0 Å². The van der Waals surface area contributed by atoms with Gasteiger partial charge in [-0.3, -0.25) is 4.79 Å². The maximum Gasteiger partial charge on any atom is 0.330 e. The molecule has 0 saturated heterocycles. The first-order chi connectivity index (χ1) is 7.17. The Balaban J connectivity index is 2.45. The summed E-state index contributed by atoms with van der Waals surface area (Å²) in [5.74, 6) is -0.390. The van der Waals surface area contributed by atoms with Crippen molar-refractivity contribution in [1.29, 1.82) is 0 Å². The van der Waals surface area contributed by atoms with Gasteiger partial charge in [-0.25, -0.2) is 4.79 Å². The van der Waals surface area contributed by atoms with Crippen LogP contribution in [0.5, 0.6) is 0 Å². The molecule has 0 aromatic carbocycles. The zero-order valence-electron chi connectivity index (χ0n) is 8.99. The van der Waals surface area contributed by atoms with Crippen LogP contribution in [-0.4, -0.2) is 25.0 Å². The highest BCUT2D eigenvalue weighted by atomic mass is 16.5. The number of nitrogens with one attached hydrogen (secondary N) is 1. The molecule has 1 saturated carbocycles. The van der Waals surface area contributed by atoms with Crippen LogP contribution in [0.25, 0.3) is 0 Å². The number of amides is 1. The highest BCUT2D eigenvalue weighted by Crippen LogP contribution is 2.26. The van der Waals surface area contributed by atoms with Crippen LogP contribution in [0.15, 0.2) is 12.7 Å². The van der Waals surface area contributed by atoms with Gasteiger partial charge in [0.05, 0.1) is 0 Å². The van der Waals surface area contributed by atoms with Gasteiger partial charge in [0, 0.05) is 19.0 Å². The Kier molecular flexibility index (Phi) is 4.34. The third-order valence-corrected chi connectivity index (χ3v) is 2.69. The Bertz CT molecular complexity index is 263. The van der Waals surface area contributed by atoms with Crippen LogP contribution < -0.4 is 5.32 Å². The molecule has 1 rings (SSSR count). The van der Waals surface area contributed by atoms with Gasteiger partial charge in [0.25, 0.3) is 0 Å². The van der Waals surface area contributed by atoms with Crippen LogP contribution in [-0.2, 0) is 14.3 Å². The summed E-state index contributed by atoms with van der Waals surface area (Å²) < 4.78 is 5.13. The lowest BCUT2D eigenvalue weighted by Gasteiger charge is -2.27.